The number of para-hydroxylation sites is 1. The van der Waals surface area contributed by atoms with Gasteiger partial charge in [-0.25, -0.2) is 0 Å². The maximum absolute atomic E-state index is 2.46. The highest BCUT2D eigenvalue weighted by Crippen LogP contribution is 2.51. The van der Waals surface area contributed by atoms with Crippen molar-refractivity contribution in [3.05, 3.63) is 199 Å². The Morgan fingerprint density at radius 2 is 0.906 bits per heavy atom. The van der Waals surface area contributed by atoms with Gasteiger partial charge in [0.05, 0.1) is 0 Å². The lowest BCUT2D eigenvalue weighted by atomic mass is 9.81. The molecule has 9 aromatic rings. The number of nitrogens with zero attached hydrogens (tertiary/aromatic N) is 1. The fraction of sp³-hybridized carbons (Fsp3) is 0.0588. The number of thiophene rings is 1. The molecule has 10 rings (SSSR count). The summed E-state index contributed by atoms with van der Waals surface area (Å²) in [4.78, 5) is 2.34. The van der Waals surface area contributed by atoms with E-state index in [1.807, 2.05) is 11.3 Å². The van der Waals surface area contributed by atoms with Crippen molar-refractivity contribution in [1.82, 2.24) is 0 Å². The molecule has 0 fully saturated rings. The van der Waals surface area contributed by atoms with Gasteiger partial charge < -0.3 is 4.90 Å². The van der Waals surface area contributed by atoms with Gasteiger partial charge in [-0.1, -0.05) is 141 Å². The van der Waals surface area contributed by atoms with Crippen molar-refractivity contribution in [3.63, 3.8) is 0 Å². The number of fused-ring (bicyclic) bond motifs is 6. The third-order valence-electron chi connectivity index (χ3n) is 11.1. The third-order valence-corrected chi connectivity index (χ3v) is 12.2. The third kappa shape index (κ3) is 5.29. The minimum absolute atomic E-state index is 0.0663. The maximum Gasteiger partial charge on any atom is 0.0462 e. The molecule has 2 heteroatoms. The monoisotopic (exact) mass is 695 g/mol. The minimum Gasteiger partial charge on any atom is -0.311 e. The van der Waals surface area contributed by atoms with Gasteiger partial charge in [0.25, 0.3) is 0 Å². The molecule has 0 spiro atoms. The van der Waals surface area contributed by atoms with Gasteiger partial charge in [0.2, 0.25) is 0 Å². The van der Waals surface area contributed by atoms with E-state index in [2.05, 4.69) is 207 Å². The van der Waals surface area contributed by atoms with Crippen LogP contribution in [0.5, 0.6) is 0 Å². The molecule has 0 amide bonds. The lowest BCUT2D eigenvalue weighted by molar-refractivity contribution is 0.660. The summed E-state index contributed by atoms with van der Waals surface area (Å²) in [7, 11) is 0. The SMILES string of the molecule is CC1(C)c2ccccc2-c2ccc(-c3cc4c(cc3-c3ccc(N(c5ccccc5)c5ccc(-c6ccccc6)cc5)cc3)sc3ccccc34)cc21. The molecular formula is C51H37NS. The van der Waals surface area contributed by atoms with E-state index in [9.17, 15) is 0 Å². The predicted octanol–water partition coefficient (Wildman–Crippen LogP) is 14.8. The van der Waals surface area contributed by atoms with Gasteiger partial charge in [0, 0.05) is 42.6 Å². The molecule has 0 atom stereocenters. The number of benzene rings is 8. The highest BCUT2D eigenvalue weighted by molar-refractivity contribution is 7.25. The summed E-state index contributed by atoms with van der Waals surface area (Å²) in [5, 5.41) is 2.64. The van der Waals surface area contributed by atoms with Crippen LogP contribution in [0.3, 0.4) is 0 Å². The van der Waals surface area contributed by atoms with Crippen LogP contribution in [0.2, 0.25) is 0 Å². The van der Waals surface area contributed by atoms with Crippen LogP contribution in [0.25, 0.3) is 64.7 Å². The summed E-state index contributed by atoms with van der Waals surface area (Å²) < 4.78 is 2.63. The van der Waals surface area contributed by atoms with Gasteiger partial charge >= 0.3 is 0 Å². The second kappa shape index (κ2) is 12.5. The van der Waals surface area contributed by atoms with Crippen molar-refractivity contribution >= 4 is 48.6 Å². The van der Waals surface area contributed by atoms with Gasteiger partial charge in [-0.3, -0.25) is 0 Å². The van der Waals surface area contributed by atoms with E-state index >= 15 is 0 Å². The standard InChI is InChI=1S/C51H37NS/c1-51(2)47-19-11-9-17-41(47)42-30-25-37(31-48(42)51)44-32-46-43-18-10-12-20-49(43)53-50(46)33-45(44)36-23-28-40(29-24-36)52(38-15-7-4-8-16-38)39-26-21-35(22-27-39)34-13-5-3-6-14-34/h3-33H,1-2H3. The summed E-state index contributed by atoms with van der Waals surface area (Å²) in [5.74, 6) is 0. The van der Waals surface area contributed by atoms with Crippen molar-refractivity contribution < 1.29 is 0 Å². The van der Waals surface area contributed by atoms with E-state index in [0.29, 0.717) is 0 Å². The average Bonchev–Trinajstić information content (AvgIpc) is 3.70. The average molecular weight is 696 g/mol. The Kier molecular flexibility index (Phi) is 7.42. The smallest absolute Gasteiger partial charge is 0.0462 e. The Balaban J connectivity index is 1.10. The summed E-state index contributed by atoms with van der Waals surface area (Å²) in [6.07, 6.45) is 0. The lowest BCUT2D eigenvalue weighted by Gasteiger charge is -2.26. The van der Waals surface area contributed by atoms with E-state index < -0.39 is 0 Å². The minimum atomic E-state index is -0.0663. The molecule has 0 saturated carbocycles. The molecule has 0 saturated heterocycles. The summed E-state index contributed by atoms with van der Waals surface area (Å²) >= 11 is 1.88. The quantitative estimate of drug-likeness (QED) is 0.167. The van der Waals surface area contributed by atoms with Gasteiger partial charge in [-0.15, -0.1) is 11.3 Å². The van der Waals surface area contributed by atoms with Crippen molar-refractivity contribution in [2.24, 2.45) is 0 Å². The molecule has 1 nitrogen and oxygen atoms in total. The largest absolute Gasteiger partial charge is 0.311 e. The molecule has 0 unspecified atom stereocenters. The van der Waals surface area contributed by atoms with Gasteiger partial charge in [-0.2, -0.15) is 0 Å². The van der Waals surface area contributed by atoms with E-state index in [-0.39, 0.29) is 5.41 Å². The number of rotatable bonds is 6. The van der Waals surface area contributed by atoms with Crippen LogP contribution in [-0.2, 0) is 5.41 Å². The zero-order valence-electron chi connectivity index (χ0n) is 29.8. The van der Waals surface area contributed by atoms with Crippen molar-refractivity contribution in [2.45, 2.75) is 19.3 Å². The summed E-state index contributed by atoms with van der Waals surface area (Å²) in [5.41, 5.74) is 16.2. The maximum atomic E-state index is 2.46. The van der Waals surface area contributed by atoms with Crippen LogP contribution < -0.4 is 4.90 Å². The fourth-order valence-corrected chi connectivity index (χ4v) is 9.50. The number of hydrogen-bond acceptors (Lipinski definition) is 2. The first-order chi connectivity index (χ1) is 26.0. The first kappa shape index (κ1) is 31.5. The summed E-state index contributed by atoms with van der Waals surface area (Å²) in [6, 6.07) is 69.0. The van der Waals surface area contributed by atoms with Gasteiger partial charge in [0.15, 0.2) is 0 Å². The molecule has 0 bridgehead atoms. The number of hydrogen-bond donors (Lipinski definition) is 0. The van der Waals surface area contributed by atoms with E-state index in [1.165, 1.54) is 75.8 Å². The van der Waals surface area contributed by atoms with Crippen LogP contribution in [0.15, 0.2) is 188 Å². The first-order valence-corrected chi connectivity index (χ1v) is 19.2. The lowest BCUT2D eigenvalue weighted by Crippen LogP contribution is -2.14. The molecule has 0 aliphatic heterocycles. The molecule has 1 aliphatic carbocycles. The Morgan fingerprint density at radius 3 is 1.66 bits per heavy atom. The normalized spacial score (nSPS) is 12.9. The Bertz CT molecular complexity index is 2780. The molecule has 0 radical (unpaired) electrons. The zero-order valence-corrected chi connectivity index (χ0v) is 30.6. The zero-order chi connectivity index (χ0) is 35.5. The van der Waals surface area contributed by atoms with Gasteiger partial charge in [0.1, 0.15) is 0 Å². The van der Waals surface area contributed by atoms with Crippen molar-refractivity contribution in [1.29, 1.82) is 0 Å². The highest BCUT2D eigenvalue weighted by Gasteiger charge is 2.35. The molecule has 53 heavy (non-hydrogen) atoms. The molecule has 0 N–H and O–H groups in total. The Labute approximate surface area is 315 Å². The van der Waals surface area contributed by atoms with E-state index in [0.717, 1.165) is 17.1 Å². The molecule has 252 valence electrons. The van der Waals surface area contributed by atoms with Crippen molar-refractivity contribution in [2.75, 3.05) is 4.90 Å². The molecule has 8 aromatic carbocycles. The summed E-state index contributed by atoms with van der Waals surface area (Å²) in [6.45, 7) is 4.73. The first-order valence-electron chi connectivity index (χ1n) is 18.3. The van der Waals surface area contributed by atoms with E-state index in [1.54, 1.807) is 0 Å². The van der Waals surface area contributed by atoms with Crippen LogP contribution in [0, 0.1) is 0 Å². The molecule has 1 aromatic heterocycles. The highest BCUT2D eigenvalue weighted by atomic mass is 32.1. The van der Waals surface area contributed by atoms with Gasteiger partial charge in [-0.05, 0) is 116 Å². The van der Waals surface area contributed by atoms with Crippen molar-refractivity contribution in [3.8, 4) is 44.5 Å². The number of anilines is 3. The second-order valence-electron chi connectivity index (χ2n) is 14.6. The predicted molar refractivity (Wildman–Crippen MR) is 228 cm³/mol. The molecule has 1 heterocycles. The Hall–Kier alpha value is -6.22. The van der Waals surface area contributed by atoms with Crippen LogP contribution in [0.1, 0.15) is 25.0 Å². The van der Waals surface area contributed by atoms with E-state index in [4.69, 9.17) is 0 Å². The molecule has 1 aliphatic rings. The van der Waals surface area contributed by atoms with Crippen LogP contribution >= 0.6 is 11.3 Å². The topological polar surface area (TPSA) is 3.24 Å². The second-order valence-corrected chi connectivity index (χ2v) is 15.6. The fourth-order valence-electron chi connectivity index (χ4n) is 8.37. The molecular weight excluding hydrogens is 659 g/mol. The Morgan fingerprint density at radius 1 is 0.358 bits per heavy atom. The van der Waals surface area contributed by atoms with Crippen LogP contribution in [0.4, 0.5) is 17.1 Å². The van der Waals surface area contributed by atoms with Crippen LogP contribution in [-0.4, -0.2) is 0 Å².